The lowest BCUT2D eigenvalue weighted by Gasteiger charge is -2.34. The number of aryl methyl sites for hydroxylation is 1. The third-order valence-electron chi connectivity index (χ3n) is 4.90. The van der Waals surface area contributed by atoms with Crippen molar-refractivity contribution in [2.45, 2.75) is 19.8 Å². The van der Waals surface area contributed by atoms with Gasteiger partial charge < -0.3 is 25.5 Å². The summed E-state index contributed by atoms with van der Waals surface area (Å²) in [5, 5.41) is 5.28. The molecule has 0 bridgehead atoms. The van der Waals surface area contributed by atoms with E-state index < -0.39 is 17.1 Å². The fourth-order valence-electron chi connectivity index (χ4n) is 3.06. The summed E-state index contributed by atoms with van der Waals surface area (Å²) in [5.41, 5.74) is 5.79. The van der Waals surface area contributed by atoms with Gasteiger partial charge in [-0.2, -0.15) is 0 Å². The summed E-state index contributed by atoms with van der Waals surface area (Å²) in [6.45, 7) is 2.79. The smallest absolute Gasteiger partial charge is 0.259 e. The van der Waals surface area contributed by atoms with Crippen LogP contribution < -0.4 is 16.4 Å². The van der Waals surface area contributed by atoms with Crippen molar-refractivity contribution in [2.75, 3.05) is 30.4 Å². The Morgan fingerprint density at radius 3 is 2.54 bits per heavy atom. The number of hydrogen-bond acceptors (Lipinski definition) is 5. The molecular formula is C19H23ClFN3O4. The zero-order chi connectivity index (χ0) is 19.4. The first-order chi connectivity index (χ1) is 12.9. The van der Waals surface area contributed by atoms with Crippen LogP contribution in [0.5, 0.6) is 0 Å². The number of carbonyl (C=O) groups is 2. The van der Waals surface area contributed by atoms with Crippen molar-refractivity contribution in [1.82, 2.24) is 0 Å². The van der Waals surface area contributed by atoms with E-state index in [0.717, 1.165) is 0 Å². The molecule has 7 nitrogen and oxygen atoms in total. The fourth-order valence-corrected chi connectivity index (χ4v) is 3.06. The number of halogens is 2. The Morgan fingerprint density at radius 1 is 1.21 bits per heavy atom. The van der Waals surface area contributed by atoms with Crippen LogP contribution in [0.4, 0.5) is 15.8 Å². The molecule has 1 aliphatic heterocycles. The molecule has 2 amide bonds. The van der Waals surface area contributed by atoms with Crippen LogP contribution in [0, 0.1) is 18.2 Å². The molecule has 1 aromatic carbocycles. The molecule has 0 atom stereocenters. The zero-order valence-electron chi connectivity index (χ0n) is 15.4. The molecule has 0 radical (unpaired) electrons. The number of anilines is 2. The number of carbonyl (C=O) groups excluding carboxylic acids is 2. The molecule has 1 aromatic heterocycles. The SMILES string of the molecule is Cc1occc1C(=O)Nc1cc(NC(=O)C2(CN)CCOCC2)ccc1F.Cl. The van der Waals surface area contributed by atoms with E-state index in [4.69, 9.17) is 14.9 Å². The molecule has 4 N–H and O–H groups in total. The number of furan rings is 1. The summed E-state index contributed by atoms with van der Waals surface area (Å²) in [7, 11) is 0. The molecule has 0 saturated carbocycles. The molecule has 9 heteroatoms. The quantitative estimate of drug-likeness (QED) is 0.700. The number of nitrogens with one attached hydrogen (secondary N) is 2. The van der Waals surface area contributed by atoms with Crippen LogP contribution in [-0.2, 0) is 9.53 Å². The molecule has 3 rings (SSSR count). The second-order valence-electron chi connectivity index (χ2n) is 6.59. The van der Waals surface area contributed by atoms with Crippen molar-refractivity contribution in [3.63, 3.8) is 0 Å². The van der Waals surface area contributed by atoms with Gasteiger partial charge in [-0.1, -0.05) is 0 Å². The number of amides is 2. The average molecular weight is 412 g/mol. The highest BCUT2D eigenvalue weighted by atomic mass is 35.5. The molecule has 2 aromatic rings. The van der Waals surface area contributed by atoms with Crippen molar-refractivity contribution in [2.24, 2.45) is 11.1 Å². The van der Waals surface area contributed by atoms with Crippen LogP contribution in [0.15, 0.2) is 34.9 Å². The first-order valence-corrected chi connectivity index (χ1v) is 8.69. The van der Waals surface area contributed by atoms with Gasteiger partial charge in [0.05, 0.1) is 22.9 Å². The Balaban J connectivity index is 0.00000280. The third kappa shape index (κ3) is 4.52. The molecule has 2 heterocycles. The Hall–Kier alpha value is -2.42. The van der Waals surface area contributed by atoms with Crippen molar-refractivity contribution in [1.29, 1.82) is 0 Å². The van der Waals surface area contributed by atoms with Crippen molar-refractivity contribution in [3.05, 3.63) is 47.7 Å². The van der Waals surface area contributed by atoms with Crippen LogP contribution in [0.25, 0.3) is 0 Å². The van der Waals surface area contributed by atoms with Gasteiger partial charge in [0.25, 0.3) is 5.91 Å². The normalized spacial score (nSPS) is 15.4. The minimum atomic E-state index is -0.704. The van der Waals surface area contributed by atoms with Gasteiger partial charge in [0.1, 0.15) is 11.6 Å². The molecule has 1 aliphatic rings. The minimum Gasteiger partial charge on any atom is -0.469 e. The fraction of sp³-hybridized carbons (Fsp3) is 0.368. The second kappa shape index (κ2) is 9.18. The van der Waals surface area contributed by atoms with E-state index in [1.807, 2.05) is 0 Å². The number of benzene rings is 1. The highest BCUT2D eigenvalue weighted by Crippen LogP contribution is 2.31. The number of ether oxygens (including phenoxy) is 1. The molecule has 1 fully saturated rings. The highest BCUT2D eigenvalue weighted by Gasteiger charge is 2.38. The van der Waals surface area contributed by atoms with Crippen LogP contribution in [0.1, 0.15) is 29.0 Å². The molecule has 1 saturated heterocycles. The largest absolute Gasteiger partial charge is 0.469 e. The topological polar surface area (TPSA) is 107 Å². The summed E-state index contributed by atoms with van der Waals surface area (Å²) >= 11 is 0. The average Bonchev–Trinajstić information content (AvgIpc) is 3.11. The molecule has 28 heavy (non-hydrogen) atoms. The Kier molecular flexibility index (Phi) is 7.17. The summed E-state index contributed by atoms with van der Waals surface area (Å²) in [6.07, 6.45) is 2.44. The Labute approximate surface area is 168 Å². The Morgan fingerprint density at radius 2 is 1.93 bits per heavy atom. The lowest BCUT2D eigenvalue weighted by molar-refractivity contribution is -0.130. The summed E-state index contributed by atoms with van der Waals surface area (Å²) < 4.78 is 24.5. The van der Waals surface area contributed by atoms with Gasteiger partial charge in [-0.15, -0.1) is 12.4 Å². The van der Waals surface area contributed by atoms with Gasteiger partial charge in [-0.3, -0.25) is 9.59 Å². The van der Waals surface area contributed by atoms with Crippen LogP contribution in [-0.4, -0.2) is 31.6 Å². The molecular weight excluding hydrogens is 389 g/mol. The van der Waals surface area contributed by atoms with Gasteiger partial charge in [-0.05, 0) is 44.0 Å². The van der Waals surface area contributed by atoms with Gasteiger partial charge >= 0.3 is 0 Å². The summed E-state index contributed by atoms with van der Waals surface area (Å²) in [6, 6.07) is 5.51. The first kappa shape index (κ1) is 21.9. The van der Waals surface area contributed by atoms with Crippen molar-refractivity contribution < 1.29 is 23.1 Å². The van der Waals surface area contributed by atoms with Gasteiger partial charge in [0.15, 0.2) is 0 Å². The van der Waals surface area contributed by atoms with Crippen molar-refractivity contribution >= 4 is 35.6 Å². The predicted octanol–water partition coefficient (Wildman–Crippen LogP) is 3.10. The number of hydrogen-bond donors (Lipinski definition) is 3. The molecule has 0 spiro atoms. The number of rotatable bonds is 5. The van der Waals surface area contributed by atoms with E-state index in [1.165, 1.54) is 30.5 Å². The standard InChI is InChI=1S/C19H22FN3O4.ClH/c1-12-14(4-7-27-12)17(24)23-16-10-13(2-3-15(16)20)22-18(25)19(11-21)5-8-26-9-6-19;/h2-4,7,10H,5-6,8-9,11,21H2,1H3,(H,22,25)(H,23,24);1H. The number of nitrogens with two attached hydrogens (primary N) is 1. The summed E-state index contributed by atoms with van der Waals surface area (Å²) in [5.74, 6) is -0.904. The predicted molar refractivity (Wildman–Crippen MR) is 105 cm³/mol. The van der Waals surface area contributed by atoms with Gasteiger partial charge in [-0.25, -0.2) is 4.39 Å². The van der Waals surface area contributed by atoms with E-state index in [2.05, 4.69) is 10.6 Å². The minimum absolute atomic E-state index is 0. The third-order valence-corrected chi connectivity index (χ3v) is 4.90. The summed E-state index contributed by atoms with van der Waals surface area (Å²) in [4.78, 5) is 25.0. The van der Waals surface area contributed by atoms with E-state index in [-0.39, 0.29) is 30.5 Å². The van der Waals surface area contributed by atoms with Gasteiger partial charge in [0, 0.05) is 25.4 Å². The van der Waals surface area contributed by atoms with Crippen LogP contribution >= 0.6 is 12.4 Å². The van der Waals surface area contributed by atoms with Crippen LogP contribution in [0.3, 0.4) is 0 Å². The highest BCUT2D eigenvalue weighted by molar-refractivity contribution is 6.05. The maximum atomic E-state index is 14.1. The maximum Gasteiger partial charge on any atom is 0.259 e. The lowest BCUT2D eigenvalue weighted by Crippen LogP contribution is -2.46. The first-order valence-electron chi connectivity index (χ1n) is 8.69. The van der Waals surface area contributed by atoms with Gasteiger partial charge in [0.2, 0.25) is 5.91 Å². The van der Waals surface area contributed by atoms with Crippen LogP contribution in [0.2, 0.25) is 0 Å². The molecule has 152 valence electrons. The van der Waals surface area contributed by atoms with E-state index in [9.17, 15) is 14.0 Å². The van der Waals surface area contributed by atoms with E-state index >= 15 is 0 Å². The lowest BCUT2D eigenvalue weighted by atomic mass is 9.79. The zero-order valence-corrected chi connectivity index (χ0v) is 16.2. The second-order valence-corrected chi connectivity index (χ2v) is 6.59. The molecule has 0 aliphatic carbocycles. The van der Waals surface area contributed by atoms with Crippen molar-refractivity contribution in [3.8, 4) is 0 Å². The monoisotopic (exact) mass is 411 g/mol. The maximum absolute atomic E-state index is 14.1. The van der Waals surface area contributed by atoms with E-state index in [0.29, 0.717) is 43.1 Å². The Bertz CT molecular complexity index is 849. The van der Waals surface area contributed by atoms with E-state index in [1.54, 1.807) is 6.92 Å². The molecule has 0 unspecified atom stereocenters.